The van der Waals surface area contributed by atoms with E-state index in [1.807, 2.05) is 12.1 Å². The Morgan fingerprint density at radius 1 is 1.33 bits per heavy atom. The minimum atomic E-state index is -0.247. The molecule has 0 aliphatic carbocycles. The summed E-state index contributed by atoms with van der Waals surface area (Å²) in [4.78, 5) is 38.6. The first-order valence-electron chi connectivity index (χ1n) is 9.03. The maximum absolute atomic E-state index is 11.8. The van der Waals surface area contributed by atoms with Crippen LogP contribution >= 0.6 is 0 Å². The van der Waals surface area contributed by atoms with Crippen LogP contribution in [0.15, 0.2) is 24.5 Å². The molecule has 0 radical (unpaired) electrons. The number of esters is 1. The molecule has 8 nitrogen and oxygen atoms in total. The van der Waals surface area contributed by atoms with Gasteiger partial charge in [0.2, 0.25) is 5.91 Å². The van der Waals surface area contributed by atoms with Crippen molar-refractivity contribution in [2.75, 3.05) is 25.0 Å². The van der Waals surface area contributed by atoms with Gasteiger partial charge in [-0.25, -0.2) is 9.97 Å². The lowest BCUT2D eigenvalue weighted by Gasteiger charge is -2.28. The molecule has 1 amide bonds. The first kappa shape index (κ1) is 18.8. The highest BCUT2D eigenvalue weighted by atomic mass is 16.5. The Bertz CT molecular complexity index is 826. The van der Waals surface area contributed by atoms with Gasteiger partial charge in [-0.2, -0.15) is 0 Å². The van der Waals surface area contributed by atoms with Gasteiger partial charge in [-0.05, 0) is 25.5 Å². The maximum Gasteiger partial charge on any atom is 0.307 e. The molecule has 3 rings (SSSR count). The minimum Gasteiger partial charge on any atom is -0.466 e. The van der Waals surface area contributed by atoms with Gasteiger partial charge in [-0.15, -0.1) is 0 Å². The molecule has 8 heteroatoms. The van der Waals surface area contributed by atoms with Crippen LogP contribution < -0.4 is 5.32 Å². The first-order chi connectivity index (χ1) is 13.1. The van der Waals surface area contributed by atoms with Crippen LogP contribution in [0.3, 0.4) is 0 Å². The van der Waals surface area contributed by atoms with Crippen molar-refractivity contribution in [1.82, 2.24) is 19.9 Å². The second kappa shape index (κ2) is 8.57. The summed E-state index contributed by atoms with van der Waals surface area (Å²) in [6.45, 7) is 5.22. The van der Waals surface area contributed by atoms with Crippen molar-refractivity contribution in [1.29, 1.82) is 0 Å². The van der Waals surface area contributed by atoms with Crippen LogP contribution in [0.25, 0.3) is 11.4 Å². The van der Waals surface area contributed by atoms with Crippen molar-refractivity contribution < 1.29 is 14.3 Å². The molecule has 0 bridgehead atoms. The van der Waals surface area contributed by atoms with Crippen molar-refractivity contribution in [3.63, 3.8) is 0 Å². The van der Waals surface area contributed by atoms with E-state index in [9.17, 15) is 9.59 Å². The average molecular weight is 369 g/mol. The molecule has 27 heavy (non-hydrogen) atoms. The normalized spacial score (nSPS) is 13.0. The molecule has 0 atom stereocenters. The molecule has 1 aliphatic rings. The summed E-state index contributed by atoms with van der Waals surface area (Å²) >= 11 is 0. The van der Waals surface area contributed by atoms with Gasteiger partial charge in [-0.3, -0.25) is 14.6 Å². The van der Waals surface area contributed by atoms with Crippen LogP contribution in [0.2, 0.25) is 0 Å². The minimum absolute atomic E-state index is 0.0269. The van der Waals surface area contributed by atoms with Crippen LogP contribution in [0.1, 0.15) is 31.5 Å². The number of hydrogen-bond donors (Lipinski definition) is 1. The van der Waals surface area contributed by atoms with Gasteiger partial charge >= 0.3 is 5.97 Å². The Labute approximate surface area is 158 Å². The van der Waals surface area contributed by atoms with Gasteiger partial charge < -0.3 is 15.0 Å². The summed E-state index contributed by atoms with van der Waals surface area (Å²) < 4.78 is 4.96. The van der Waals surface area contributed by atoms with E-state index in [0.717, 1.165) is 16.8 Å². The van der Waals surface area contributed by atoms with Gasteiger partial charge in [0.05, 0.1) is 25.3 Å². The Hall–Kier alpha value is -3.03. The van der Waals surface area contributed by atoms with Crippen molar-refractivity contribution in [2.24, 2.45) is 0 Å². The molecule has 0 unspecified atom stereocenters. The molecule has 1 N–H and O–H groups in total. The van der Waals surface area contributed by atoms with E-state index >= 15 is 0 Å². The summed E-state index contributed by atoms with van der Waals surface area (Å²) in [5.41, 5.74) is 2.61. The lowest BCUT2D eigenvalue weighted by atomic mass is 10.0. The van der Waals surface area contributed by atoms with E-state index in [1.165, 1.54) is 0 Å². The van der Waals surface area contributed by atoms with Gasteiger partial charge in [0.25, 0.3) is 0 Å². The zero-order valence-electron chi connectivity index (χ0n) is 15.6. The number of carbonyl (C=O) groups excluding carboxylic acids is 2. The molecule has 0 saturated carbocycles. The number of ether oxygens (including phenoxy) is 1. The summed E-state index contributed by atoms with van der Waals surface area (Å²) in [7, 11) is 0. The largest absolute Gasteiger partial charge is 0.466 e. The zero-order valence-corrected chi connectivity index (χ0v) is 15.6. The van der Waals surface area contributed by atoms with E-state index < -0.39 is 0 Å². The van der Waals surface area contributed by atoms with E-state index in [4.69, 9.17) is 4.74 Å². The first-order valence-corrected chi connectivity index (χ1v) is 9.03. The molecule has 0 fully saturated rings. The standard InChI is InChI=1S/C19H23N5O3/c1-3-27-17(26)6-9-21-19-15-7-10-24(13(2)25)12-16(15)22-18(23-19)14-5-4-8-20-11-14/h4-5,8,11H,3,6-7,9-10,12H2,1-2H3,(H,21,22,23). The van der Waals surface area contributed by atoms with E-state index in [0.29, 0.717) is 44.3 Å². The number of hydrogen-bond acceptors (Lipinski definition) is 7. The highest BCUT2D eigenvalue weighted by molar-refractivity contribution is 5.74. The Morgan fingerprint density at radius 3 is 2.89 bits per heavy atom. The van der Waals surface area contributed by atoms with Crippen LogP contribution in [-0.4, -0.2) is 51.4 Å². The fourth-order valence-corrected chi connectivity index (χ4v) is 2.99. The lowest BCUT2D eigenvalue weighted by Crippen LogP contribution is -2.35. The topological polar surface area (TPSA) is 97.3 Å². The van der Waals surface area contributed by atoms with E-state index in [-0.39, 0.29) is 18.3 Å². The number of fused-ring (bicyclic) bond motifs is 1. The van der Waals surface area contributed by atoms with Crippen molar-refractivity contribution in [3.05, 3.63) is 35.8 Å². The molecule has 2 aromatic heterocycles. The number of amides is 1. The summed E-state index contributed by atoms with van der Waals surface area (Å²) in [5.74, 6) is 1.03. The third-order valence-electron chi connectivity index (χ3n) is 4.36. The van der Waals surface area contributed by atoms with Gasteiger partial charge in [0.1, 0.15) is 5.82 Å². The van der Waals surface area contributed by atoms with Gasteiger partial charge in [0.15, 0.2) is 5.82 Å². The number of rotatable bonds is 6. The Balaban J connectivity index is 1.88. The smallest absolute Gasteiger partial charge is 0.307 e. The maximum atomic E-state index is 11.8. The van der Waals surface area contributed by atoms with Crippen molar-refractivity contribution >= 4 is 17.7 Å². The van der Waals surface area contributed by atoms with Crippen LogP contribution in [0.4, 0.5) is 5.82 Å². The molecule has 3 heterocycles. The summed E-state index contributed by atoms with van der Waals surface area (Å²) in [5, 5.41) is 3.24. The van der Waals surface area contributed by atoms with Crippen LogP contribution in [-0.2, 0) is 27.3 Å². The number of pyridine rings is 1. The molecule has 0 saturated heterocycles. The molecule has 1 aliphatic heterocycles. The van der Waals surface area contributed by atoms with Crippen molar-refractivity contribution in [3.8, 4) is 11.4 Å². The monoisotopic (exact) mass is 369 g/mol. The molecular formula is C19H23N5O3. The SMILES string of the molecule is CCOC(=O)CCNc1nc(-c2cccnc2)nc2c1CCN(C(C)=O)C2. The summed E-state index contributed by atoms with van der Waals surface area (Å²) in [6, 6.07) is 3.72. The average Bonchev–Trinajstić information content (AvgIpc) is 2.68. The molecule has 2 aromatic rings. The van der Waals surface area contributed by atoms with Crippen LogP contribution in [0, 0.1) is 0 Å². The third kappa shape index (κ3) is 4.58. The number of nitrogens with one attached hydrogen (secondary N) is 1. The fourth-order valence-electron chi connectivity index (χ4n) is 2.99. The van der Waals surface area contributed by atoms with Gasteiger partial charge in [-0.1, -0.05) is 0 Å². The van der Waals surface area contributed by atoms with Crippen molar-refractivity contribution in [2.45, 2.75) is 33.2 Å². The predicted molar refractivity (Wildman–Crippen MR) is 99.8 cm³/mol. The van der Waals surface area contributed by atoms with E-state index in [1.54, 1.807) is 31.1 Å². The van der Waals surface area contributed by atoms with E-state index in [2.05, 4.69) is 20.3 Å². The summed E-state index contributed by atoms with van der Waals surface area (Å²) in [6.07, 6.45) is 4.33. The molecular weight excluding hydrogens is 346 g/mol. The molecule has 0 spiro atoms. The zero-order chi connectivity index (χ0) is 19.2. The highest BCUT2D eigenvalue weighted by Gasteiger charge is 2.24. The number of nitrogens with zero attached hydrogens (tertiary/aromatic N) is 4. The third-order valence-corrected chi connectivity index (χ3v) is 4.36. The fraction of sp³-hybridized carbons (Fsp3) is 0.421. The quantitative estimate of drug-likeness (QED) is 0.776. The second-order valence-electron chi connectivity index (χ2n) is 6.24. The number of anilines is 1. The van der Waals surface area contributed by atoms with Gasteiger partial charge in [0, 0.05) is 43.5 Å². The molecule has 0 aromatic carbocycles. The predicted octanol–water partition coefficient (Wildman–Crippen LogP) is 1.81. The molecule has 142 valence electrons. The Morgan fingerprint density at radius 2 is 2.19 bits per heavy atom. The number of aromatic nitrogens is 3. The second-order valence-corrected chi connectivity index (χ2v) is 6.24. The lowest BCUT2D eigenvalue weighted by molar-refractivity contribution is -0.142. The number of carbonyl (C=O) groups is 2. The van der Waals surface area contributed by atoms with Crippen LogP contribution in [0.5, 0.6) is 0 Å². The highest BCUT2D eigenvalue weighted by Crippen LogP contribution is 2.27. The Kier molecular flexibility index (Phi) is 5.95.